The molecule has 2 unspecified atom stereocenters. The zero-order valence-electron chi connectivity index (χ0n) is 29.6. The van der Waals surface area contributed by atoms with E-state index in [-0.39, 0.29) is 59.3 Å². The first-order chi connectivity index (χ1) is 25.0. The maximum Gasteiger partial charge on any atom is 1.00 e. The number of phenols is 1. The van der Waals surface area contributed by atoms with Crippen molar-refractivity contribution in [3.05, 3.63) is 82.1 Å². The third-order valence-electron chi connectivity index (χ3n) is 8.72. The number of β-lactam (4-membered cyclic amide) rings is 1. The molecule has 5 atom stereocenters. The van der Waals surface area contributed by atoms with Crippen LogP contribution in [0.4, 0.5) is 5.69 Å². The van der Waals surface area contributed by atoms with Crippen LogP contribution in [0.2, 0.25) is 0 Å². The van der Waals surface area contributed by atoms with Gasteiger partial charge in [0, 0.05) is 29.5 Å². The number of nitrogens with zero attached hydrogens (tertiary/aromatic N) is 1. The Labute approximate surface area is 334 Å². The smallest absolute Gasteiger partial charge is 0.548 e. The van der Waals surface area contributed by atoms with Gasteiger partial charge in [0.1, 0.15) is 34.8 Å². The van der Waals surface area contributed by atoms with E-state index < -0.39 is 81.3 Å². The van der Waals surface area contributed by atoms with Gasteiger partial charge >= 0.3 is 29.6 Å². The van der Waals surface area contributed by atoms with Gasteiger partial charge in [0.05, 0.1) is 12.0 Å². The minimum atomic E-state index is -1.43. The van der Waals surface area contributed by atoms with Gasteiger partial charge in [-0.2, -0.15) is 0 Å². The Morgan fingerprint density at radius 2 is 1.61 bits per heavy atom. The summed E-state index contributed by atoms with van der Waals surface area (Å²) >= 11 is 1.20. The van der Waals surface area contributed by atoms with Gasteiger partial charge in [0.2, 0.25) is 29.5 Å². The number of benzene rings is 2. The van der Waals surface area contributed by atoms with Gasteiger partial charge in [-0.3, -0.25) is 33.6 Å². The molecule has 6 amide bonds. The number of aliphatic carboxylic acids is 1. The molecule has 3 heterocycles. The molecule has 54 heavy (non-hydrogen) atoms. The molecular formula is C35H36N7NaO10S. The van der Waals surface area contributed by atoms with Crippen molar-refractivity contribution < 1.29 is 73.3 Å². The fraction of sp³-hybridized carbons (Fsp3) is 0.314. The van der Waals surface area contributed by atoms with Crippen LogP contribution in [0.5, 0.6) is 5.75 Å². The van der Waals surface area contributed by atoms with Crippen molar-refractivity contribution in [1.82, 2.24) is 25.8 Å². The first-order valence-electron chi connectivity index (χ1n) is 16.3. The van der Waals surface area contributed by atoms with E-state index in [0.717, 1.165) is 4.90 Å². The largest absolute Gasteiger partial charge is 1.00 e. The summed E-state index contributed by atoms with van der Waals surface area (Å²) in [6.07, 6.45) is -0.110. The number of hydrogen-bond acceptors (Lipinski definition) is 11. The van der Waals surface area contributed by atoms with Gasteiger partial charge in [-0.1, -0.05) is 24.3 Å². The summed E-state index contributed by atoms with van der Waals surface area (Å²) in [5.41, 5.74) is 5.44. The van der Waals surface area contributed by atoms with Crippen LogP contribution in [-0.4, -0.2) is 84.6 Å². The Morgan fingerprint density at radius 3 is 2.19 bits per heavy atom. The second kappa shape index (κ2) is 16.9. The van der Waals surface area contributed by atoms with Crippen molar-refractivity contribution in [2.75, 3.05) is 5.32 Å². The average molecular weight is 770 g/mol. The molecular weight excluding hydrogens is 733 g/mol. The minimum absolute atomic E-state index is 0. The van der Waals surface area contributed by atoms with Crippen LogP contribution in [-0.2, 0) is 28.8 Å². The molecule has 0 radical (unpaired) electrons. The summed E-state index contributed by atoms with van der Waals surface area (Å²) in [6.45, 7) is 4.55. The van der Waals surface area contributed by atoms with Crippen LogP contribution in [0.3, 0.4) is 0 Å². The van der Waals surface area contributed by atoms with Gasteiger partial charge in [0.25, 0.3) is 11.5 Å². The van der Waals surface area contributed by atoms with Gasteiger partial charge in [-0.25, -0.2) is 0 Å². The molecule has 0 aliphatic carbocycles. The molecule has 278 valence electrons. The van der Waals surface area contributed by atoms with E-state index in [4.69, 9.17) is 5.73 Å². The molecule has 2 aromatic carbocycles. The fourth-order valence-electron chi connectivity index (χ4n) is 6.12. The van der Waals surface area contributed by atoms with Crippen molar-refractivity contribution in [3.63, 3.8) is 0 Å². The third kappa shape index (κ3) is 9.12. The van der Waals surface area contributed by atoms with Crippen molar-refractivity contribution >= 4 is 58.9 Å². The van der Waals surface area contributed by atoms with Gasteiger partial charge in [-0.05, 0) is 67.8 Å². The Balaban J connectivity index is 0.00000650. The number of aromatic amines is 1. The van der Waals surface area contributed by atoms with Crippen molar-refractivity contribution in [2.24, 2.45) is 5.73 Å². The van der Waals surface area contributed by atoms with E-state index in [0.29, 0.717) is 16.9 Å². The first kappa shape index (κ1) is 41.6. The van der Waals surface area contributed by atoms with Crippen LogP contribution < -0.4 is 67.2 Å². The molecule has 17 nitrogen and oxygen atoms in total. The number of aromatic nitrogens is 1. The number of carboxylic acids is 1. The summed E-state index contributed by atoms with van der Waals surface area (Å²) in [7, 11) is 0. The minimum Gasteiger partial charge on any atom is -0.548 e. The zero-order chi connectivity index (χ0) is 38.8. The van der Waals surface area contributed by atoms with Crippen molar-refractivity contribution in [1.29, 1.82) is 0 Å². The van der Waals surface area contributed by atoms with Gasteiger partial charge < -0.3 is 51.9 Å². The predicted molar refractivity (Wildman–Crippen MR) is 189 cm³/mol. The number of rotatable bonds is 13. The monoisotopic (exact) mass is 769 g/mol. The predicted octanol–water partition coefficient (Wildman–Crippen LogP) is -3.77. The number of aromatic hydroxyl groups is 1. The second-order valence-electron chi connectivity index (χ2n) is 13.0. The van der Waals surface area contributed by atoms with E-state index in [2.05, 4.69) is 26.3 Å². The number of carbonyl (C=O) groups excluding carboxylic acids is 7. The molecule has 2 aliphatic heterocycles. The van der Waals surface area contributed by atoms with E-state index in [1.54, 1.807) is 38.1 Å². The van der Waals surface area contributed by atoms with E-state index >= 15 is 0 Å². The third-order valence-corrected chi connectivity index (χ3v) is 10.3. The van der Waals surface area contributed by atoms with Crippen LogP contribution in [0.1, 0.15) is 55.6 Å². The van der Waals surface area contributed by atoms with Crippen LogP contribution in [0.25, 0.3) is 11.3 Å². The molecule has 8 N–H and O–H groups in total. The maximum atomic E-state index is 13.6. The SMILES string of the molecule is CC(=O)NC(CCC(N)=O)C(=O)Nc1ccc(-c2ccc(C(=O)NC(C(=O)N[C@@H]3C(=O)N4[C@@H](C(=O)[O-])C(C)(C)S[C@@H]34)c3ccc(O)cc3)c(=O)[nH]2)cc1.[Na+]. The van der Waals surface area contributed by atoms with Crippen molar-refractivity contribution in [2.45, 2.75) is 67.9 Å². The number of carbonyl (C=O) groups is 7. The number of nitrogens with two attached hydrogens (primary N) is 1. The summed E-state index contributed by atoms with van der Waals surface area (Å²) < 4.78 is -0.888. The second-order valence-corrected chi connectivity index (χ2v) is 14.8. The molecule has 2 saturated heterocycles. The average Bonchev–Trinajstić information content (AvgIpc) is 3.35. The topological polar surface area (TPSA) is 273 Å². The summed E-state index contributed by atoms with van der Waals surface area (Å²) in [4.78, 5) is 104. The normalized spacial score (nSPS) is 19.1. The van der Waals surface area contributed by atoms with Crippen LogP contribution >= 0.6 is 11.8 Å². The van der Waals surface area contributed by atoms with Crippen molar-refractivity contribution in [3.8, 4) is 17.0 Å². The number of anilines is 1. The quantitative estimate of drug-likeness (QED) is 0.0655. The Kier molecular flexibility index (Phi) is 13.0. The summed E-state index contributed by atoms with van der Waals surface area (Å²) in [5, 5.41) is 31.1. The number of thioether (sulfide) groups is 1. The molecule has 1 aromatic heterocycles. The number of phenolic OH excluding ortho intramolecular Hbond substituents is 1. The first-order valence-corrected chi connectivity index (χ1v) is 17.2. The molecule has 19 heteroatoms. The number of pyridine rings is 1. The van der Waals surface area contributed by atoms with Gasteiger partial charge in [0.15, 0.2) is 0 Å². The number of primary amides is 1. The standard InChI is InChI=1S/C35H37N7O10S.Na/c1-16(43)37-23(14-15-24(36)45)30(48)38-19-8-4-17(5-9-19)22-13-12-21(28(46)39-22)29(47)40-25(18-6-10-20(44)11-7-18)31(49)41-26-32(50)42-27(34(51)52)35(2,3)53-33(26)42;/h4-13,23,25-27,33,44H,14-15H2,1-3H3,(H2,36,45)(H,37,43)(H,38,48)(H,39,46)(H,40,47)(H,41,49)(H,51,52);/q;+1/p-1/t23?,25?,26-,27+,33+;/m1./s1. The molecule has 5 rings (SSSR count). The summed E-state index contributed by atoms with van der Waals surface area (Å²) in [6, 6.07) is 9.62. The number of nitrogens with one attached hydrogen (secondary N) is 5. The Morgan fingerprint density at radius 1 is 0.963 bits per heavy atom. The molecule has 0 bridgehead atoms. The molecule has 2 fully saturated rings. The van der Waals surface area contributed by atoms with E-state index in [1.807, 2.05) is 0 Å². The number of H-pyrrole nitrogens is 1. The van der Waals surface area contributed by atoms with E-state index in [9.17, 15) is 48.6 Å². The van der Waals surface area contributed by atoms with Crippen LogP contribution in [0.15, 0.2) is 65.5 Å². The zero-order valence-corrected chi connectivity index (χ0v) is 32.4. The Bertz CT molecular complexity index is 2040. The number of amides is 6. The maximum absolute atomic E-state index is 13.6. The van der Waals surface area contributed by atoms with Gasteiger partial charge in [-0.15, -0.1) is 11.8 Å². The molecule has 3 aromatic rings. The number of fused-ring (bicyclic) bond motifs is 1. The Hall–Kier alpha value is -5.17. The molecule has 2 aliphatic rings. The summed E-state index contributed by atoms with van der Waals surface area (Å²) in [5.74, 6) is -5.54. The number of hydrogen-bond donors (Lipinski definition) is 7. The molecule has 0 saturated carbocycles. The molecule has 0 spiro atoms. The van der Waals surface area contributed by atoms with E-state index in [1.165, 1.54) is 55.1 Å². The van der Waals surface area contributed by atoms with Crippen LogP contribution in [0, 0.1) is 0 Å². The fourth-order valence-corrected chi connectivity index (χ4v) is 7.74. The number of carboxylic acid groups (broad SMARTS) is 1.